The molecule has 0 bridgehead atoms. The number of carbonyl (C=O) groups excluding carboxylic acids is 2. The standard InChI is InChI=1S/C20H25N3O3S/c24-11-5-18(25)22-17-2-1-6-20(17)7-9-23(10-8-20)19(26)14-3-4-15-16(12-14)27-13-21-15/h3-4,12-13,17,24H,1-2,5-11H2,(H,22,25). The number of rotatable bonds is 4. The van der Waals surface area contributed by atoms with Crippen molar-refractivity contribution in [2.45, 2.75) is 44.6 Å². The molecule has 0 radical (unpaired) electrons. The highest BCUT2D eigenvalue weighted by molar-refractivity contribution is 7.16. The van der Waals surface area contributed by atoms with Crippen LogP contribution in [0.3, 0.4) is 0 Å². The van der Waals surface area contributed by atoms with Crippen LogP contribution in [0.25, 0.3) is 10.2 Å². The quantitative estimate of drug-likeness (QED) is 0.845. The number of piperidine rings is 1. The third-order valence-corrected chi connectivity index (χ3v) is 7.00. The molecule has 1 aromatic heterocycles. The minimum atomic E-state index is -0.113. The van der Waals surface area contributed by atoms with Crippen LogP contribution in [0.15, 0.2) is 23.7 Å². The maximum absolute atomic E-state index is 12.9. The van der Waals surface area contributed by atoms with Crippen LogP contribution in [0.2, 0.25) is 0 Å². The molecule has 2 N–H and O–H groups in total. The Morgan fingerprint density at radius 1 is 1.30 bits per heavy atom. The molecule has 27 heavy (non-hydrogen) atoms. The number of hydrogen-bond acceptors (Lipinski definition) is 5. The number of benzene rings is 1. The number of fused-ring (bicyclic) bond motifs is 1. The first-order valence-electron chi connectivity index (χ1n) is 9.64. The van der Waals surface area contributed by atoms with Gasteiger partial charge in [-0.3, -0.25) is 9.59 Å². The van der Waals surface area contributed by atoms with Crippen LogP contribution in [-0.4, -0.2) is 52.5 Å². The average Bonchev–Trinajstić information content (AvgIpc) is 3.29. The number of hydrogen-bond donors (Lipinski definition) is 2. The van der Waals surface area contributed by atoms with E-state index < -0.39 is 0 Å². The highest BCUT2D eigenvalue weighted by Crippen LogP contribution is 2.46. The highest BCUT2D eigenvalue weighted by atomic mass is 32.1. The van der Waals surface area contributed by atoms with Crippen molar-refractivity contribution in [2.24, 2.45) is 5.41 Å². The van der Waals surface area contributed by atoms with Crippen LogP contribution in [-0.2, 0) is 4.79 Å². The molecule has 1 saturated heterocycles. The lowest BCUT2D eigenvalue weighted by atomic mass is 9.74. The van der Waals surface area contributed by atoms with Crippen molar-refractivity contribution >= 4 is 33.4 Å². The van der Waals surface area contributed by atoms with Gasteiger partial charge in [0.1, 0.15) is 0 Å². The summed E-state index contributed by atoms with van der Waals surface area (Å²) in [7, 11) is 0. The summed E-state index contributed by atoms with van der Waals surface area (Å²) in [6, 6.07) is 5.88. The number of carbonyl (C=O) groups is 2. The van der Waals surface area contributed by atoms with E-state index in [1.807, 2.05) is 23.1 Å². The first kappa shape index (κ1) is 18.4. The van der Waals surface area contributed by atoms with E-state index in [9.17, 15) is 9.59 Å². The van der Waals surface area contributed by atoms with Crippen molar-refractivity contribution in [3.63, 3.8) is 0 Å². The third-order valence-electron chi connectivity index (χ3n) is 6.21. The molecule has 2 aromatic rings. The molecule has 1 aliphatic carbocycles. The minimum absolute atomic E-state index is 0.0693. The van der Waals surface area contributed by atoms with E-state index in [4.69, 9.17) is 5.11 Å². The lowest BCUT2D eigenvalue weighted by Crippen LogP contribution is -2.51. The van der Waals surface area contributed by atoms with Gasteiger partial charge in [-0.15, -0.1) is 11.3 Å². The summed E-state index contributed by atoms with van der Waals surface area (Å²) in [5, 5.41) is 12.1. The Balaban J connectivity index is 1.41. The zero-order valence-electron chi connectivity index (χ0n) is 15.3. The van der Waals surface area contributed by atoms with Crippen LogP contribution in [0.5, 0.6) is 0 Å². The molecule has 2 fully saturated rings. The van der Waals surface area contributed by atoms with Crippen molar-refractivity contribution in [2.75, 3.05) is 19.7 Å². The SMILES string of the molecule is O=C(CCO)NC1CCCC12CCN(C(=O)c1ccc3ncsc3c1)CC2. The summed E-state index contributed by atoms with van der Waals surface area (Å²) in [6.07, 6.45) is 5.22. The van der Waals surface area contributed by atoms with Gasteiger partial charge in [0.2, 0.25) is 5.91 Å². The Morgan fingerprint density at radius 3 is 2.89 bits per heavy atom. The van der Waals surface area contributed by atoms with Gasteiger partial charge in [-0.25, -0.2) is 4.98 Å². The van der Waals surface area contributed by atoms with Gasteiger partial charge in [0, 0.05) is 31.1 Å². The molecule has 2 amide bonds. The number of aliphatic hydroxyl groups excluding tert-OH is 1. The van der Waals surface area contributed by atoms with E-state index >= 15 is 0 Å². The Labute approximate surface area is 162 Å². The largest absolute Gasteiger partial charge is 0.396 e. The number of nitrogens with zero attached hydrogens (tertiary/aromatic N) is 2. The molecule has 1 aliphatic heterocycles. The Bertz CT molecular complexity index is 842. The van der Waals surface area contributed by atoms with Crippen LogP contribution in [0.1, 0.15) is 48.9 Å². The molecule has 7 heteroatoms. The van der Waals surface area contributed by atoms with Gasteiger partial charge in [-0.05, 0) is 49.3 Å². The molecule has 1 aromatic carbocycles. The van der Waals surface area contributed by atoms with Gasteiger partial charge >= 0.3 is 0 Å². The second kappa shape index (κ2) is 7.56. The zero-order valence-corrected chi connectivity index (χ0v) is 16.1. The van der Waals surface area contributed by atoms with Crippen LogP contribution in [0.4, 0.5) is 0 Å². The Morgan fingerprint density at radius 2 is 2.11 bits per heavy atom. The lowest BCUT2D eigenvalue weighted by Gasteiger charge is -2.43. The fourth-order valence-electron chi connectivity index (χ4n) is 4.66. The number of nitrogens with one attached hydrogen (secondary N) is 1. The van der Waals surface area contributed by atoms with E-state index in [0.29, 0.717) is 0 Å². The fourth-order valence-corrected chi connectivity index (χ4v) is 5.37. The van der Waals surface area contributed by atoms with Crippen molar-refractivity contribution in [1.29, 1.82) is 0 Å². The predicted octanol–water partition coefficient (Wildman–Crippen LogP) is 2.57. The van der Waals surface area contributed by atoms with Crippen molar-refractivity contribution in [1.82, 2.24) is 15.2 Å². The summed E-state index contributed by atoms with van der Waals surface area (Å²) < 4.78 is 1.04. The summed E-state index contributed by atoms with van der Waals surface area (Å²) in [4.78, 5) is 31.1. The Hall–Kier alpha value is -1.99. The van der Waals surface area contributed by atoms with Crippen molar-refractivity contribution < 1.29 is 14.7 Å². The zero-order chi connectivity index (χ0) is 18.9. The molecule has 1 spiro atoms. The number of aliphatic hydroxyl groups is 1. The number of aromatic nitrogens is 1. The monoisotopic (exact) mass is 387 g/mol. The minimum Gasteiger partial charge on any atom is -0.396 e. The molecule has 6 nitrogen and oxygen atoms in total. The lowest BCUT2D eigenvalue weighted by molar-refractivity contribution is -0.123. The Kier molecular flexibility index (Phi) is 5.14. The van der Waals surface area contributed by atoms with Gasteiger partial charge in [-0.2, -0.15) is 0 Å². The van der Waals surface area contributed by atoms with E-state index in [0.717, 1.165) is 61.0 Å². The first-order valence-corrected chi connectivity index (χ1v) is 10.5. The van der Waals surface area contributed by atoms with Gasteiger partial charge in [0.15, 0.2) is 0 Å². The molecule has 1 saturated carbocycles. The van der Waals surface area contributed by atoms with Crippen molar-refractivity contribution in [3.05, 3.63) is 29.3 Å². The number of amides is 2. The molecular formula is C20H25N3O3S. The van der Waals surface area contributed by atoms with E-state index in [1.165, 1.54) is 0 Å². The topological polar surface area (TPSA) is 82.5 Å². The number of likely N-dealkylation sites (tertiary alicyclic amines) is 1. The highest BCUT2D eigenvalue weighted by Gasteiger charge is 2.45. The molecule has 1 unspecified atom stereocenters. The smallest absolute Gasteiger partial charge is 0.253 e. The maximum atomic E-state index is 12.9. The third kappa shape index (κ3) is 3.58. The van der Waals surface area contributed by atoms with Gasteiger partial charge in [0.25, 0.3) is 5.91 Å². The van der Waals surface area contributed by atoms with Gasteiger partial charge in [0.05, 0.1) is 22.3 Å². The summed E-state index contributed by atoms with van der Waals surface area (Å²) in [5.74, 6) is 0.0131. The molecule has 4 rings (SSSR count). The van der Waals surface area contributed by atoms with E-state index in [-0.39, 0.29) is 36.3 Å². The average molecular weight is 388 g/mol. The second-order valence-corrected chi connectivity index (χ2v) is 8.56. The molecule has 1 atom stereocenters. The van der Waals surface area contributed by atoms with Crippen LogP contribution in [0, 0.1) is 5.41 Å². The summed E-state index contributed by atoms with van der Waals surface area (Å²) >= 11 is 1.55. The van der Waals surface area contributed by atoms with Gasteiger partial charge < -0.3 is 15.3 Å². The summed E-state index contributed by atoms with van der Waals surface area (Å²) in [5.41, 5.74) is 3.56. The molecule has 2 aliphatic rings. The second-order valence-electron chi connectivity index (χ2n) is 7.68. The van der Waals surface area contributed by atoms with Crippen LogP contribution >= 0.6 is 11.3 Å². The van der Waals surface area contributed by atoms with E-state index in [2.05, 4.69) is 10.3 Å². The van der Waals surface area contributed by atoms with Crippen LogP contribution < -0.4 is 5.32 Å². The normalized spacial score (nSPS) is 21.7. The van der Waals surface area contributed by atoms with Gasteiger partial charge in [-0.1, -0.05) is 6.42 Å². The molecule has 2 heterocycles. The molecule has 144 valence electrons. The van der Waals surface area contributed by atoms with E-state index in [1.54, 1.807) is 16.8 Å². The van der Waals surface area contributed by atoms with Crippen molar-refractivity contribution in [3.8, 4) is 0 Å². The predicted molar refractivity (Wildman–Crippen MR) is 105 cm³/mol. The summed E-state index contributed by atoms with van der Waals surface area (Å²) in [6.45, 7) is 1.34. The maximum Gasteiger partial charge on any atom is 0.253 e. The first-order chi connectivity index (χ1) is 13.1. The fraction of sp³-hybridized carbons (Fsp3) is 0.550. The molecular weight excluding hydrogens is 362 g/mol. The number of thiazole rings is 1.